The van der Waals surface area contributed by atoms with Crippen LogP contribution in [0.1, 0.15) is 45.4 Å². The summed E-state index contributed by atoms with van der Waals surface area (Å²) < 4.78 is 0. The molecule has 0 N–H and O–H groups in total. The van der Waals surface area contributed by atoms with Gasteiger partial charge in [0.1, 0.15) is 0 Å². The first kappa shape index (κ1) is 9.56. The molecule has 0 aromatic heterocycles. The average molecular weight is 169 g/mol. The zero-order valence-corrected chi connectivity index (χ0v) is 8.01. The topological polar surface area (TPSA) is 20.3 Å². The van der Waals surface area contributed by atoms with E-state index in [1.165, 1.54) is 32.1 Å². The molecule has 0 aromatic carbocycles. The fourth-order valence-electron chi connectivity index (χ4n) is 1.50. The summed E-state index contributed by atoms with van der Waals surface area (Å²) in [6.45, 7) is 4.23. The van der Waals surface area contributed by atoms with E-state index in [1.807, 2.05) is 4.90 Å². The van der Waals surface area contributed by atoms with Crippen LogP contribution in [0.3, 0.4) is 0 Å². The Morgan fingerprint density at radius 2 is 2.00 bits per heavy atom. The first-order chi connectivity index (χ1) is 5.84. The van der Waals surface area contributed by atoms with E-state index in [9.17, 15) is 4.79 Å². The molecule has 0 radical (unpaired) electrons. The van der Waals surface area contributed by atoms with E-state index in [0.717, 1.165) is 19.5 Å². The molecule has 70 valence electrons. The van der Waals surface area contributed by atoms with E-state index in [4.69, 9.17) is 0 Å². The van der Waals surface area contributed by atoms with E-state index in [-0.39, 0.29) is 0 Å². The van der Waals surface area contributed by atoms with Crippen molar-refractivity contribution in [1.82, 2.24) is 4.90 Å². The molecule has 2 heteroatoms. The quantitative estimate of drug-likeness (QED) is 0.441. The summed E-state index contributed by atoms with van der Waals surface area (Å²) in [4.78, 5) is 12.8. The van der Waals surface area contributed by atoms with Crippen molar-refractivity contribution in [3.63, 3.8) is 0 Å². The highest BCUT2D eigenvalue weighted by Crippen LogP contribution is 2.10. The van der Waals surface area contributed by atoms with Crippen LogP contribution in [0.5, 0.6) is 0 Å². The van der Waals surface area contributed by atoms with Crippen LogP contribution in [0.25, 0.3) is 0 Å². The zero-order valence-electron chi connectivity index (χ0n) is 8.01. The molecule has 0 bridgehead atoms. The van der Waals surface area contributed by atoms with E-state index < -0.39 is 0 Å². The van der Waals surface area contributed by atoms with E-state index >= 15 is 0 Å². The van der Waals surface area contributed by atoms with Gasteiger partial charge in [0, 0.05) is 19.5 Å². The maximum Gasteiger partial charge on any atom is 0.224 e. The van der Waals surface area contributed by atoms with Crippen LogP contribution in [0.2, 0.25) is 0 Å². The molecule has 1 fully saturated rings. The van der Waals surface area contributed by atoms with Crippen molar-refractivity contribution < 1.29 is 4.79 Å². The summed E-state index contributed by atoms with van der Waals surface area (Å²) in [5.41, 5.74) is 0. The Hall–Kier alpha value is -0.530. The first-order valence-corrected chi connectivity index (χ1v) is 5.12. The van der Waals surface area contributed by atoms with E-state index in [0.29, 0.717) is 5.91 Å². The lowest BCUT2D eigenvalue weighted by molar-refractivity contribution is -0.139. The summed E-state index contributed by atoms with van der Waals surface area (Å²) >= 11 is 0. The molecular weight excluding hydrogens is 150 g/mol. The molecule has 12 heavy (non-hydrogen) atoms. The number of nitrogens with zero attached hydrogens (tertiary/aromatic N) is 1. The Morgan fingerprint density at radius 3 is 2.50 bits per heavy atom. The standard InChI is InChI=1S/C10H19NO/c1-2-3-4-5-6-8-11-9-7-10(11)12/h2-9H2,1H3. The van der Waals surface area contributed by atoms with Gasteiger partial charge in [0.2, 0.25) is 5.91 Å². The van der Waals surface area contributed by atoms with E-state index in [2.05, 4.69) is 6.92 Å². The minimum Gasteiger partial charge on any atom is -0.342 e. The fraction of sp³-hybridized carbons (Fsp3) is 0.900. The van der Waals surface area contributed by atoms with Gasteiger partial charge in [0.05, 0.1) is 0 Å². The summed E-state index contributed by atoms with van der Waals surface area (Å²) in [6, 6.07) is 0. The predicted octanol–water partition coefficient (Wildman–Crippen LogP) is 2.19. The third-order valence-electron chi connectivity index (χ3n) is 2.48. The molecule has 0 aromatic rings. The first-order valence-electron chi connectivity index (χ1n) is 5.12. The molecule has 0 spiro atoms. The number of rotatable bonds is 6. The van der Waals surface area contributed by atoms with Gasteiger partial charge in [0.25, 0.3) is 0 Å². The van der Waals surface area contributed by atoms with Gasteiger partial charge in [-0.3, -0.25) is 4.79 Å². The minimum absolute atomic E-state index is 0.352. The highest BCUT2D eigenvalue weighted by Gasteiger charge is 2.21. The molecular formula is C10H19NO. The fourth-order valence-corrected chi connectivity index (χ4v) is 1.50. The number of β-lactam (4-membered cyclic amide) rings is 1. The van der Waals surface area contributed by atoms with Gasteiger partial charge >= 0.3 is 0 Å². The summed E-state index contributed by atoms with van der Waals surface area (Å²) in [6.07, 6.45) is 7.24. The maximum absolute atomic E-state index is 10.9. The Labute approximate surface area is 74.9 Å². The van der Waals surface area contributed by atoms with Gasteiger partial charge in [-0.1, -0.05) is 32.6 Å². The van der Waals surface area contributed by atoms with Crippen molar-refractivity contribution in [2.75, 3.05) is 13.1 Å². The lowest BCUT2D eigenvalue weighted by atomic mass is 10.1. The number of likely N-dealkylation sites (tertiary alicyclic amines) is 1. The van der Waals surface area contributed by atoms with Gasteiger partial charge in [0.15, 0.2) is 0 Å². The monoisotopic (exact) mass is 169 g/mol. The summed E-state index contributed by atoms with van der Waals surface area (Å²) in [7, 11) is 0. The molecule has 0 saturated carbocycles. The number of unbranched alkanes of at least 4 members (excludes halogenated alkanes) is 4. The van der Waals surface area contributed by atoms with Crippen molar-refractivity contribution >= 4 is 5.91 Å². The van der Waals surface area contributed by atoms with Crippen molar-refractivity contribution in [2.45, 2.75) is 45.4 Å². The number of carbonyl (C=O) groups is 1. The molecule has 1 aliphatic heterocycles. The van der Waals surface area contributed by atoms with Gasteiger partial charge in [-0.25, -0.2) is 0 Å². The Balaban J connectivity index is 1.85. The molecule has 0 atom stereocenters. The van der Waals surface area contributed by atoms with Crippen LogP contribution >= 0.6 is 0 Å². The molecule has 1 saturated heterocycles. The van der Waals surface area contributed by atoms with Crippen molar-refractivity contribution in [2.24, 2.45) is 0 Å². The minimum atomic E-state index is 0.352. The second-order valence-corrected chi connectivity index (χ2v) is 3.55. The summed E-state index contributed by atoms with van der Waals surface area (Å²) in [5, 5.41) is 0. The third kappa shape index (κ3) is 2.84. The number of amides is 1. The van der Waals surface area contributed by atoms with Crippen LogP contribution in [0, 0.1) is 0 Å². The molecule has 2 nitrogen and oxygen atoms in total. The second kappa shape index (κ2) is 5.18. The largest absolute Gasteiger partial charge is 0.342 e. The van der Waals surface area contributed by atoms with Crippen LogP contribution in [-0.4, -0.2) is 23.9 Å². The van der Waals surface area contributed by atoms with Crippen LogP contribution in [-0.2, 0) is 4.79 Å². The van der Waals surface area contributed by atoms with Gasteiger partial charge in [-0.2, -0.15) is 0 Å². The Morgan fingerprint density at radius 1 is 1.25 bits per heavy atom. The van der Waals surface area contributed by atoms with Gasteiger partial charge in [-0.15, -0.1) is 0 Å². The molecule has 0 unspecified atom stereocenters. The van der Waals surface area contributed by atoms with Crippen molar-refractivity contribution in [1.29, 1.82) is 0 Å². The summed E-state index contributed by atoms with van der Waals surface area (Å²) in [5.74, 6) is 0.352. The molecule has 0 aliphatic carbocycles. The van der Waals surface area contributed by atoms with Crippen LogP contribution in [0.4, 0.5) is 0 Å². The molecule has 1 heterocycles. The Bertz CT molecular complexity index is 145. The SMILES string of the molecule is CCCCCCCN1CCC1=O. The number of carbonyl (C=O) groups excluding carboxylic acids is 1. The zero-order chi connectivity index (χ0) is 8.81. The lowest BCUT2D eigenvalue weighted by Gasteiger charge is -2.30. The Kier molecular flexibility index (Phi) is 4.12. The van der Waals surface area contributed by atoms with Crippen LogP contribution in [0.15, 0.2) is 0 Å². The molecule has 1 aliphatic rings. The van der Waals surface area contributed by atoms with E-state index in [1.54, 1.807) is 0 Å². The maximum atomic E-state index is 10.9. The van der Waals surface area contributed by atoms with Gasteiger partial charge < -0.3 is 4.90 Å². The van der Waals surface area contributed by atoms with Crippen LogP contribution < -0.4 is 0 Å². The highest BCUT2D eigenvalue weighted by molar-refractivity contribution is 5.81. The molecule has 1 amide bonds. The second-order valence-electron chi connectivity index (χ2n) is 3.55. The predicted molar refractivity (Wildman–Crippen MR) is 50.0 cm³/mol. The average Bonchev–Trinajstić information content (AvgIpc) is 2.08. The normalized spacial score (nSPS) is 16.4. The van der Waals surface area contributed by atoms with Crippen molar-refractivity contribution in [3.8, 4) is 0 Å². The lowest BCUT2D eigenvalue weighted by Crippen LogP contribution is -2.43. The number of hydrogen-bond acceptors (Lipinski definition) is 1. The van der Waals surface area contributed by atoms with Gasteiger partial charge in [-0.05, 0) is 6.42 Å². The third-order valence-corrected chi connectivity index (χ3v) is 2.48. The molecule has 1 rings (SSSR count). The van der Waals surface area contributed by atoms with Crippen molar-refractivity contribution in [3.05, 3.63) is 0 Å². The smallest absolute Gasteiger partial charge is 0.224 e. The highest BCUT2D eigenvalue weighted by atomic mass is 16.2. The number of hydrogen-bond donors (Lipinski definition) is 0.